The lowest BCUT2D eigenvalue weighted by atomic mass is 10.2. The fraction of sp³-hybridized carbons (Fsp3) is 0.433. The van der Waals surface area contributed by atoms with Gasteiger partial charge in [-0.2, -0.15) is 0 Å². The molecule has 2 atom stereocenters. The maximum absolute atomic E-state index is 13.1. The van der Waals surface area contributed by atoms with Crippen LogP contribution in [-0.2, 0) is 29.6 Å². The smallest absolute Gasteiger partial charge is 0.338 e. The molecular formula is C30H33N3O13. The molecule has 3 aromatic rings. The Labute approximate surface area is 260 Å². The lowest BCUT2D eigenvalue weighted by Crippen LogP contribution is -2.56. The molecule has 0 spiro atoms. The van der Waals surface area contributed by atoms with Crippen molar-refractivity contribution in [1.82, 2.24) is 13.7 Å². The summed E-state index contributed by atoms with van der Waals surface area (Å²) in [6.45, 7) is 4.35. The van der Waals surface area contributed by atoms with Crippen LogP contribution in [0.3, 0.4) is 0 Å². The summed E-state index contributed by atoms with van der Waals surface area (Å²) in [7, 11) is 1.11. The molecule has 0 saturated carbocycles. The minimum absolute atomic E-state index is 0.117. The van der Waals surface area contributed by atoms with Gasteiger partial charge in [0.1, 0.15) is 25.4 Å². The third-order valence-corrected chi connectivity index (χ3v) is 6.88. The Morgan fingerprint density at radius 2 is 1.04 bits per heavy atom. The zero-order valence-electron chi connectivity index (χ0n) is 25.7. The second kappa shape index (κ2) is 12.0. The van der Waals surface area contributed by atoms with Crippen molar-refractivity contribution in [3.63, 3.8) is 0 Å². The summed E-state index contributed by atoms with van der Waals surface area (Å²) in [5.41, 5.74) is -2.98. The molecule has 0 saturated heterocycles. The van der Waals surface area contributed by atoms with Crippen molar-refractivity contribution >= 4 is 11.9 Å². The number of benzene rings is 2. The summed E-state index contributed by atoms with van der Waals surface area (Å²) in [6.07, 6.45) is -3.04. The highest BCUT2D eigenvalue weighted by Crippen LogP contribution is 2.40. The van der Waals surface area contributed by atoms with Crippen LogP contribution in [0, 0.1) is 0 Å². The molecule has 16 heteroatoms. The highest BCUT2D eigenvalue weighted by Gasteiger charge is 2.33. The Bertz CT molecular complexity index is 1740. The van der Waals surface area contributed by atoms with E-state index in [1.807, 2.05) is 0 Å². The van der Waals surface area contributed by atoms with Gasteiger partial charge in [-0.05, 0) is 36.4 Å². The maximum atomic E-state index is 13.1. The van der Waals surface area contributed by atoms with Crippen LogP contribution in [0.4, 0.5) is 0 Å². The molecule has 246 valence electrons. The van der Waals surface area contributed by atoms with Crippen LogP contribution < -0.4 is 36.0 Å². The Morgan fingerprint density at radius 1 is 0.674 bits per heavy atom. The predicted molar refractivity (Wildman–Crippen MR) is 156 cm³/mol. The first-order valence-electron chi connectivity index (χ1n) is 14.2. The van der Waals surface area contributed by atoms with Gasteiger partial charge >= 0.3 is 29.0 Å². The number of nitrogens with zero attached hydrogens (tertiary/aromatic N) is 3. The number of rotatable bonds is 10. The highest BCUT2D eigenvalue weighted by molar-refractivity contribution is 5.91. The Kier molecular flexibility index (Phi) is 8.44. The number of aliphatic hydroxyl groups excluding tert-OH is 2. The Balaban J connectivity index is 1.20. The summed E-state index contributed by atoms with van der Waals surface area (Å²) >= 11 is 0. The first-order chi connectivity index (χ1) is 21.5. The molecule has 2 unspecified atom stereocenters. The van der Waals surface area contributed by atoms with E-state index in [9.17, 15) is 34.2 Å². The number of ether oxygens (including phenoxy) is 6. The van der Waals surface area contributed by atoms with E-state index in [0.717, 1.165) is 7.05 Å². The van der Waals surface area contributed by atoms with E-state index >= 15 is 0 Å². The molecule has 2 aliphatic rings. The summed E-state index contributed by atoms with van der Waals surface area (Å²) in [6, 6.07) is 8.83. The summed E-state index contributed by atoms with van der Waals surface area (Å²) in [4.78, 5) is 63.6. The first kappa shape index (κ1) is 32.3. The van der Waals surface area contributed by atoms with E-state index in [1.54, 1.807) is 27.7 Å². The van der Waals surface area contributed by atoms with Crippen LogP contribution in [0.15, 0.2) is 50.8 Å². The van der Waals surface area contributed by atoms with Gasteiger partial charge in [0.25, 0.3) is 0 Å². The van der Waals surface area contributed by atoms with E-state index in [-0.39, 0.29) is 11.1 Å². The SMILES string of the molecule is Cn1c(=O)n(CC(O)COC(=O)c2ccc3c(c2)OC(C)(C)O3)c(=O)n(CC(O)COC(=O)c2ccc3c(c2)OC(C)(C)O3)c1=O. The third-order valence-electron chi connectivity index (χ3n) is 6.88. The van der Waals surface area contributed by atoms with Crippen LogP contribution in [0.5, 0.6) is 23.0 Å². The number of aromatic nitrogens is 3. The van der Waals surface area contributed by atoms with Crippen LogP contribution >= 0.6 is 0 Å². The Morgan fingerprint density at radius 3 is 1.43 bits per heavy atom. The van der Waals surface area contributed by atoms with Crippen LogP contribution in [-0.4, -0.2) is 72.8 Å². The van der Waals surface area contributed by atoms with Gasteiger partial charge < -0.3 is 38.6 Å². The zero-order valence-corrected chi connectivity index (χ0v) is 25.7. The topological polar surface area (TPSA) is 196 Å². The van der Waals surface area contributed by atoms with Gasteiger partial charge in [0.15, 0.2) is 23.0 Å². The van der Waals surface area contributed by atoms with E-state index in [0.29, 0.717) is 36.7 Å². The van der Waals surface area contributed by atoms with Crippen molar-refractivity contribution in [2.24, 2.45) is 7.05 Å². The van der Waals surface area contributed by atoms with Crippen molar-refractivity contribution in [3.8, 4) is 23.0 Å². The van der Waals surface area contributed by atoms with Gasteiger partial charge in [-0.25, -0.2) is 37.7 Å². The standard InChI is InChI=1S/C30H33N3O13/c1-29(2)43-20-8-6-16(10-22(20)45-29)24(36)41-14-18(34)12-32-26(38)31(5)27(39)33(28(32)40)13-19(35)15-42-25(37)17-7-9-21-23(11-17)46-30(3,4)44-21/h6-11,18-19,34-35H,12-15H2,1-5H3. The number of carbonyl (C=O) groups is 2. The fourth-order valence-corrected chi connectivity index (χ4v) is 4.80. The average molecular weight is 644 g/mol. The highest BCUT2D eigenvalue weighted by atomic mass is 16.7. The molecular weight excluding hydrogens is 610 g/mol. The largest absolute Gasteiger partial charge is 0.459 e. The van der Waals surface area contributed by atoms with Gasteiger partial charge in [0, 0.05) is 34.7 Å². The fourth-order valence-electron chi connectivity index (χ4n) is 4.80. The summed E-state index contributed by atoms with van der Waals surface area (Å²) in [5.74, 6) is -1.83. The van der Waals surface area contributed by atoms with Gasteiger partial charge in [0.05, 0.1) is 24.2 Å². The van der Waals surface area contributed by atoms with Crippen LogP contribution in [0.25, 0.3) is 0 Å². The predicted octanol–water partition coefficient (Wildman–Crippen LogP) is 0.159. The monoisotopic (exact) mass is 643 g/mol. The van der Waals surface area contributed by atoms with E-state index in [4.69, 9.17) is 28.4 Å². The first-order valence-corrected chi connectivity index (χ1v) is 14.2. The van der Waals surface area contributed by atoms with Gasteiger partial charge in [-0.1, -0.05) is 0 Å². The van der Waals surface area contributed by atoms with E-state index in [2.05, 4.69) is 0 Å². The number of carbonyl (C=O) groups excluding carboxylic acids is 2. The van der Waals surface area contributed by atoms with Gasteiger partial charge in [0.2, 0.25) is 11.6 Å². The lowest BCUT2D eigenvalue weighted by Gasteiger charge is -2.17. The molecule has 0 amide bonds. The number of esters is 2. The second-order valence-corrected chi connectivity index (χ2v) is 11.7. The molecule has 2 aliphatic heterocycles. The zero-order chi connectivity index (χ0) is 33.6. The molecule has 0 aliphatic carbocycles. The number of hydrogen-bond donors (Lipinski definition) is 2. The minimum Gasteiger partial charge on any atom is -0.459 e. The van der Waals surface area contributed by atoms with E-state index in [1.165, 1.54) is 36.4 Å². The number of fused-ring (bicyclic) bond motifs is 2. The van der Waals surface area contributed by atoms with Crippen molar-refractivity contribution < 1.29 is 48.2 Å². The Hall–Kier alpha value is -5.09. The third kappa shape index (κ3) is 6.77. The molecule has 0 bridgehead atoms. The van der Waals surface area contributed by atoms with Crippen LogP contribution in [0.1, 0.15) is 48.4 Å². The van der Waals surface area contributed by atoms with Crippen molar-refractivity contribution in [1.29, 1.82) is 0 Å². The molecule has 46 heavy (non-hydrogen) atoms. The van der Waals surface area contributed by atoms with E-state index < -0.39 is 79.1 Å². The summed E-state index contributed by atoms with van der Waals surface area (Å²) in [5, 5.41) is 21.0. The number of aliphatic hydroxyl groups is 2. The number of hydrogen-bond acceptors (Lipinski definition) is 13. The molecule has 2 aromatic carbocycles. The molecule has 5 rings (SSSR count). The normalized spacial score (nSPS) is 16.5. The molecule has 2 N–H and O–H groups in total. The van der Waals surface area contributed by atoms with Gasteiger partial charge in [-0.15, -0.1) is 0 Å². The van der Waals surface area contributed by atoms with Gasteiger partial charge in [-0.3, -0.25) is 0 Å². The summed E-state index contributed by atoms with van der Waals surface area (Å²) < 4.78 is 34.4. The maximum Gasteiger partial charge on any atom is 0.338 e. The molecule has 3 heterocycles. The van der Waals surface area contributed by atoms with Crippen molar-refractivity contribution in [2.75, 3.05) is 13.2 Å². The van der Waals surface area contributed by atoms with Crippen molar-refractivity contribution in [2.45, 2.75) is 64.6 Å². The molecule has 1 aromatic heterocycles. The minimum atomic E-state index is -1.52. The average Bonchev–Trinajstić information content (AvgIpc) is 3.49. The second-order valence-electron chi connectivity index (χ2n) is 11.7. The lowest BCUT2D eigenvalue weighted by molar-refractivity contribution is -0.0437. The van der Waals surface area contributed by atoms with Crippen molar-refractivity contribution in [3.05, 3.63) is 79.0 Å². The molecule has 0 fully saturated rings. The molecule has 16 nitrogen and oxygen atoms in total. The molecule has 0 radical (unpaired) electrons. The van der Waals surface area contributed by atoms with Crippen LogP contribution in [0.2, 0.25) is 0 Å². The quantitative estimate of drug-likeness (QED) is 0.284.